The van der Waals surface area contributed by atoms with Crippen molar-refractivity contribution in [1.82, 2.24) is 5.32 Å². The van der Waals surface area contributed by atoms with Crippen molar-refractivity contribution in [1.29, 1.82) is 0 Å². The minimum atomic E-state index is -0.698. The number of hydrogen-bond donors (Lipinski definition) is 1. The smallest absolute Gasteiger partial charge is 0.265 e. The highest BCUT2D eigenvalue weighted by Gasteiger charge is 2.35. The van der Waals surface area contributed by atoms with Gasteiger partial charge in [0.15, 0.2) is 11.5 Å². The van der Waals surface area contributed by atoms with Gasteiger partial charge in [-0.15, -0.1) is 11.3 Å². The van der Waals surface area contributed by atoms with Crippen LogP contribution in [0.5, 0.6) is 11.5 Å². The van der Waals surface area contributed by atoms with E-state index in [0.29, 0.717) is 11.5 Å². The third-order valence-corrected chi connectivity index (χ3v) is 5.29. The van der Waals surface area contributed by atoms with Gasteiger partial charge < -0.3 is 14.8 Å². The van der Waals surface area contributed by atoms with Crippen molar-refractivity contribution in [3.05, 3.63) is 82.6 Å². The molecule has 26 heavy (non-hydrogen) atoms. The van der Waals surface area contributed by atoms with E-state index >= 15 is 0 Å². The van der Waals surface area contributed by atoms with E-state index in [0.717, 1.165) is 10.4 Å². The molecule has 1 aliphatic heterocycles. The molecule has 3 atom stereocenters. The Morgan fingerprint density at radius 1 is 0.962 bits per heavy atom. The zero-order chi connectivity index (χ0) is 17.9. The Morgan fingerprint density at radius 3 is 2.35 bits per heavy atom. The Morgan fingerprint density at radius 2 is 1.65 bits per heavy atom. The molecule has 1 aromatic heterocycles. The van der Waals surface area contributed by atoms with E-state index in [1.165, 1.54) is 0 Å². The molecule has 0 saturated carbocycles. The Hall–Kier alpha value is -2.79. The van der Waals surface area contributed by atoms with Crippen molar-refractivity contribution in [3.63, 3.8) is 0 Å². The van der Waals surface area contributed by atoms with E-state index in [2.05, 4.69) is 5.32 Å². The summed E-state index contributed by atoms with van der Waals surface area (Å²) in [5.41, 5.74) is 1.04. The number of ether oxygens (including phenoxy) is 2. The lowest BCUT2D eigenvalue weighted by atomic mass is 10.0. The molecule has 1 N–H and O–H groups in total. The fourth-order valence-corrected chi connectivity index (χ4v) is 3.85. The zero-order valence-electron chi connectivity index (χ0n) is 14.3. The van der Waals surface area contributed by atoms with Gasteiger partial charge in [-0.05, 0) is 36.1 Å². The van der Waals surface area contributed by atoms with Gasteiger partial charge in [0.25, 0.3) is 5.91 Å². The van der Waals surface area contributed by atoms with Gasteiger partial charge in [0.05, 0.1) is 6.04 Å². The number of hydrogen-bond acceptors (Lipinski definition) is 4. The van der Waals surface area contributed by atoms with Crippen LogP contribution in [0.1, 0.15) is 23.4 Å². The molecule has 1 amide bonds. The monoisotopic (exact) mass is 365 g/mol. The highest BCUT2D eigenvalue weighted by Crippen LogP contribution is 2.34. The lowest BCUT2D eigenvalue weighted by molar-refractivity contribution is -0.133. The Kier molecular flexibility index (Phi) is 4.63. The van der Waals surface area contributed by atoms with E-state index in [1.807, 2.05) is 79.0 Å². The summed E-state index contributed by atoms with van der Waals surface area (Å²) >= 11 is 1.62. The average molecular weight is 365 g/mol. The van der Waals surface area contributed by atoms with Crippen molar-refractivity contribution in [2.75, 3.05) is 0 Å². The van der Waals surface area contributed by atoms with Crippen molar-refractivity contribution < 1.29 is 14.3 Å². The minimum absolute atomic E-state index is 0.186. The molecule has 4 rings (SSSR count). The van der Waals surface area contributed by atoms with Gasteiger partial charge in [-0.1, -0.05) is 48.5 Å². The molecule has 0 fully saturated rings. The van der Waals surface area contributed by atoms with Crippen LogP contribution in [-0.2, 0) is 4.79 Å². The van der Waals surface area contributed by atoms with Crippen LogP contribution in [-0.4, -0.2) is 18.1 Å². The summed E-state index contributed by atoms with van der Waals surface area (Å²) in [6, 6.07) is 21.2. The maximum absolute atomic E-state index is 13.0. The van der Waals surface area contributed by atoms with Crippen LogP contribution < -0.4 is 14.8 Å². The van der Waals surface area contributed by atoms with Gasteiger partial charge in [-0.25, -0.2) is 0 Å². The first kappa shape index (κ1) is 16.7. The van der Waals surface area contributed by atoms with E-state index in [-0.39, 0.29) is 18.1 Å². The van der Waals surface area contributed by atoms with Gasteiger partial charge >= 0.3 is 0 Å². The maximum atomic E-state index is 13.0. The highest BCUT2D eigenvalue weighted by molar-refractivity contribution is 7.10. The molecule has 3 aromatic rings. The largest absolute Gasteiger partial charge is 0.482 e. The Bertz CT molecular complexity index is 879. The average Bonchev–Trinajstić information content (AvgIpc) is 3.20. The zero-order valence-corrected chi connectivity index (χ0v) is 15.1. The summed E-state index contributed by atoms with van der Waals surface area (Å²) in [4.78, 5) is 14.1. The molecular weight excluding hydrogens is 346 g/mol. The van der Waals surface area contributed by atoms with Crippen molar-refractivity contribution >= 4 is 17.2 Å². The summed E-state index contributed by atoms with van der Waals surface area (Å²) in [6.45, 7) is 1.85. The first-order chi connectivity index (χ1) is 12.7. The fraction of sp³-hybridized carbons (Fsp3) is 0.190. The summed E-state index contributed by atoms with van der Waals surface area (Å²) in [5.74, 6) is 1.08. The quantitative estimate of drug-likeness (QED) is 0.754. The van der Waals surface area contributed by atoms with E-state index < -0.39 is 6.10 Å². The number of fused-ring (bicyclic) bond motifs is 1. The molecule has 5 heteroatoms. The lowest BCUT2D eigenvalue weighted by Gasteiger charge is -2.32. The molecule has 0 radical (unpaired) electrons. The fourth-order valence-electron chi connectivity index (χ4n) is 3.05. The predicted molar refractivity (Wildman–Crippen MR) is 102 cm³/mol. The van der Waals surface area contributed by atoms with E-state index in [9.17, 15) is 4.79 Å². The number of amides is 1. The number of nitrogens with one attached hydrogen (secondary N) is 1. The Labute approximate surface area is 156 Å². The molecule has 2 heterocycles. The molecule has 0 bridgehead atoms. The summed E-state index contributed by atoms with van der Waals surface area (Å²) in [5, 5.41) is 5.14. The van der Waals surface area contributed by atoms with Crippen LogP contribution in [0.3, 0.4) is 0 Å². The van der Waals surface area contributed by atoms with Gasteiger partial charge in [0.1, 0.15) is 6.10 Å². The predicted octanol–water partition coefficient (Wildman–Crippen LogP) is 4.18. The topological polar surface area (TPSA) is 47.6 Å². The summed E-state index contributed by atoms with van der Waals surface area (Å²) in [7, 11) is 0. The SMILES string of the molecule is CC1Oc2ccccc2OC1C(=O)NC(c1ccccc1)c1cccs1. The van der Waals surface area contributed by atoms with Crippen LogP contribution in [0.25, 0.3) is 0 Å². The number of carbonyl (C=O) groups excluding carboxylic acids is 1. The van der Waals surface area contributed by atoms with Crippen LogP contribution in [0.15, 0.2) is 72.1 Å². The van der Waals surface area contributed by atoms with Crippen molar-refractivity contribution in [2.45, 2.75) is 25.2 Å². The van der Waals surface area contributed by atoms with Crippen LogP contribution in [0, 0.1) is 0 Å². The second-order valence-electron chi connectivity index (χ2n) is 6.18. The van der Waals surface area contributed by atoms with Crippen LogP contribution in [0.2, 0.25) is 0 Å². The summed E-state index contributed by atoms with van der Waals surface area (Å²) < 4.78 is 11.8. The van der Waals surface area contributed by atoms with Gasteiger partial charge in [0.2, 0.25) is 6.10 Å². The van der Waals surface area contributed by atoms with Crippen LogP contribution >= 0.6 is 11.3 Å². The molecule has 3 unspecified atom stereocenters. The molecule has 1 aliphatic rings. The first-order valence-corrected chi connectivity index (χ1v) is 9.41. The number of rotatable bonds is 4. The third-order valence-electron chi connectivity index (χ3n) is 4.35. The molecule has 0 spiro atoms. The van der Waals surface area contributed by atoms with E-state index in [4.69, 9.17) is 9.47 Å². The standard InChI is InChI=1S/C21H19NO3S/c1-14-20(25-17-11-6-5-10-16(17)24-14)21(23)22-19(18-12-7-13-26-18)15-8-3-2-4-9-15/h2-14,19-20H,1H3,(H,22,23). The Balaban J connectivity index is 1.57. The van der Waals surface area contributed by atoms with Crippen molar-refractivity contribution in [2.24, 2.45) is 0 Å². The lowest BCUT2D eigenvalue weighted by Crippen LogP contribution is -2.49. The number of carbonyl (C=O) groups is 1. The minimum Gasteiger partial charge on any atom is -0.482 e. The number of benzene rings is 2. The molecular formula is C21H19NO3S. The number of thiophene rings is 1. The summed E-state index contributed by atoms with van der Waals surface area (Å²) in [6.07, 6.45) is -1.07. The molecule has 4 nitrogen and oxygen atoms in total. The first-order valence-electron chi connectivity index (χ1n) is 8.53. The second kappa shape index (κ2) is 7.22. The van der Waals surface area contributed by atoms with Gasteiger partial charge in [0, 0.05) is 4.88 Å². The second-order valence-corrected chi connectivity index (χ2v) is 7.16. The highest BCUT2D eigenvalue weighted by atomic mass is 32.1. The molecule has 132 valence electrons. The molecule has 0 aliphatic carbocycles. The normalized spacial score (nSPS) is 19.6. The van der Waals surface area contributed by atoms with Gasteiger partial charge in [-0.2, -0.15) is 0 Å². The van der Waals surface area contributed by atoms with Crippen LogP contribution in [0.4, 0.5) is 0 Å². The van der Waals surface area contributed by atoms with Crippen molar-refractivity contribution in [3.8, 4) is 11.5 Å². The molecule has 2 aromatic carbocycles. The molecule has 0 saturated heterocycles. The van der Waals surface area contributed by atoms with E-state index in [1.54, 1.807) is 11.3 Å². The maximum Gasteiger partial charge on any atom is 0.265 e. The number of para-hydroxylation sites is 2. The third kappa shape index (κ3) is 3.30. The van der Waals surface area contributed by atoms with Gasteiger partial charge in [-0.3, -0.25) is 4.79 Å².